The summed E-state index contributed by atoms with van der Waals surface area (Å²) in [6, 6.07) is 19.6. The molecule has 0 aliphatic rings. The number of thioether (sulfide) groups is 1. The number of nitrogens with zero attached hydrogens (tertiary/aromatic N) is 3. The van der Waals surface area contributed by atoms with Crippen LogP contribution in [0.1, 0.15) is 12.5 Å². The van der Waals surface area contributed by atoms with Crippen molar-refractivity contribution in [2.24, 2.45) is 0 Å². The average Bonchev–Trinajstić information content (AvgIpc) is 2.69. The van der Waals surface area contributed by atoms with Crippen molar-refractivity contribution in [3.05, 3.63) is 66.2 Å². The summed E-state index contributed by atoms with van der Waals surface area (Å²) >= 11 is 1.64. The van der Waals surface area contributed by atoms with Crippen molar-refractivity contribution < 1.29 is 4.79 Å². The lowest BCUT2D eigenvalue weighted by Gasteiger charge is -2.09. The zero-order valence-electron chi connectivity index (χ0n) is 14.6. The fourth-order valence-corrected chi connectivity index (χ4v) is 2.97. The molecule has 2 N–H and O–H groups in total. The van der Waals surface area contributed by atoms with Gasteiger partial charge in [-0.15, -0.1) is 22.0 Å². The lowest BCUT2D eigenvalue weighted by Crippen LogP contribution is -2.19. The van der Waals surface area contributed by atoms with Gasteiger partial charge >= 0.3 is 6.03 Å². The van der Waals surface area contributed by atoms with Gasteiger partial charge in [0.25, 0.3) is 0 Å². The first kappa shape index (κ1) is 18.4. The molecule has 134 valence electrons. The molecular weight excluding hydrogens is 358 g/mol. The molecule has 0 spiro atoms. The van der Waals surface area contributed by atoms with E-state index >= 15 is 0 Å². The van der Waals surface area contributed by atoms with Crippen molar-refractivity contribution >= 4 is 29.2 Å². The Morgan fingerprint density at radius 2 is 1.78 bits per heavy atom. The average molecular weight is 375 g/mol. The van der Waals surface area contributed by atoms with Crippen LogP contribution in [0.15, 0.2) is 65.7 Å². The number of carbonyl (C=O) groups excluding carboxylic acids is 1. The molecule has 0 atom stereocenters. The summed E-state index contributed by atoms with van der Waals surface area (Å²) in [5.74, 6) is 0.944. The van der Waals surface area contributed by atoms with Crippen LogP contribution in [-0.2, 0) is 0 Å². The van der Waals surface area contributed by atoms with E-state index in [0.717, 1.165) is 22.0 Å². The fourth-order valence-electron chi connectivity index (χ4n) is 2.42. The molecule has 0 bridgehead atoms. The molecule has 0 fully saturated rings. The van der Waals surface area contributed by atoms with Gasteiger partial charge in [-0.3, -0.25) is 0 Å². The summed E-state index contributed by atoms with van der Waals surface area (Å²) in [4.78, 5) is 12.2. The maximum absolute atomic E-state index is 12.2. The maximum atomic E-state index is 12.2. The standard InChI is InChI=1S/C20H17N5OS/c1-2-27-19-10-9-18(24-25-19)15-6-4-8-17(12-15)23-20(26)22-16-7-3-5-14(11-16)13-21/h3-12H,2H2,1H3,(H2,22,23,26). The minimum atomic E-state index is -0.386. The number of anilines is 2. The minimum absolute atomic E-state index is 0.386. The number of benzene rings is 2. The number of hydrogen-bond acceptors (Lipinski definition) is 5. The molecule has 2 amide bonds. The van der Waals surface area contributed by atoms with Gasteiger partial charge in [-0.1, -0.05) is 25.1 Å². The summed E-state index contributed by atoms with van der Waals surface area (Å²) in [7, 11) is 0. The third-order valence-corrected chi connectivity index (χ3v) is 4.40. The highest BCUT2D eigenvalue weighted by molar-refractivity contribution is 7.99. The van der Waals surface area contributed by atoms with E-state index in [9.17, 15) is 4.79 Å². The van der Waals surface area contributed by atoms with Crippen LogP contribution in [-0.4, -0.2) is 22.0 Å². The number of amides is 2. The van der Waals surface area contributed by atoms with Crippen molar-refractivity contribution in [3.8, 4) is 17.3 Å². The van der Waals surface area contributed by atoms with Crippen molar-refractivity contribution in [3.63, 3.8) is 0 Å². The molecule has 3 aromatic rings. The Balaban J connectivity index is 1.69. The predicted molar refractivity (Wildman–Crippen MR) is 108 cm³/mol. The van der Waals surface area contributed by atoms with Gasteiger partial charge in [0.15, 0.2) is 0 Å². The Labute approximate surface area is 161 Å². The first-order chi connectivity index (χ1) is 13.2. The molecule has 0 aliphatic heterocycles. The molecule has 0 saturated carbocycles. The van der Waals surface area contributed by atoms with E-state index in [1.807, 2.05) is 36.4 Å². The van der Waals surface area contributed by atoms with E-state index in [0.29, 0.717) is 16.9 Å². The van der Waals surface area contributed by atoms with Crippen molar-refractivity contribution in [1.29, 1.82) is 5.26 Å². The van der Waals surface area contributed by atoms with Gasteiger partial charge in [0.2, 0.25) is 0 Å². The van der Waals surface area contributed by atoms with Crippen LogP contribution in [0.4, 0.5) is 16.2 Å². The van der Waals surface area contributed by atoms with E-state index in [1.165, 1.54) is 0 Å². The number of carbonyl (C=O) groups is 1. The third kappa shape index (κ3) is 5.06. The molecule has 27 heavy (non-hydrogen) atoms. The second kappa shape index (κ2) is 8.83. The molecule has 1 aromatic heterocycles. The van der Waals surface area contributed by atoms with Gasteiger partial charge in [-0.05, 0) is 48.2 Å². The molecule has 0 saturated heterocycles. The molecule has 2 aromatic carbocycles. The van der Waals surface area contributed by atoms with Crippen LogP contribution >= 0.6 is 11.8 Å². The molecule has 0 radical (unpaired) electrons. The number of hydrogen-bond donors (Lipinski definition) is 2. The summed E-state index contributed by atoms with van der Waals surface area (Å²) in [5.41, 5.74) is 3.27. The molecule has 6 nitrogen and oxygen atoms in total. The first-order valence-corrected chi connectivity index (χ1v) is 9.31. The Kier molecular flexibility index (Phi) is 6.02. The molecule has 3 rings (SSSR count). The maximum Gasteiger partial charge on any atom is 0.323 e. The van der Waals surface area contributed by atoms with E-state index in [-0.39, 0.29) is 6.03 Å². The van der Waals surface area contributed by atoms with E-state index in [2.05, 4.69) is 27.8 Å². The molecule has 1 heterocycles. The van der Waals surface area contributed by atoms with Crippen LogP contribution in [0, 0.1) is 11.3 Å². The summed E-state index contributed by atoms with van der Waals surface area (Å²) in [6.07, 6.45) is 0. The highest BCUT2D eigenvalue weighted by Crippen LogP contribution is 2.22. The predicted octanol–water partition coefficient (Wildman–Crippen LogP) is 4.77. The van der Waals surface area contributed by atoms with Gasteiger partial charge in [0.05, 0.1) is 17.3 Å². The zero-order valence-corrected chi connectivity index (χ0v) is 15.5. The first-order valence-electron chi connectivity index (χ1n) is 8.33. The smallest absolute Gasteiger partial charge is 0.308 e. The van der Waals surface area contributed by atoms with Crippen molar-refractivity contribution in [2.45, 2.75) is 11.9 Å². The summed E-state index contributed by atoms with van der Waals surface area (Å²) < 4.78 is 0. The van der Waals surface area contributed by atoms with Crippen LogP contribution in [0.3, 0.4) is 0 Å². The molecule has 0 aliphatic carbocycles. The highest BCUT2D eigenvalue weighted by Gasteiger charge is 2.06. The molecular formula is C20H17N5OS. The summed E-state index contributed by atoms with van der Waals surface area (Å²) in [6.45, 7) is 2.07. The number of aromatic nitrogens is 2. The van der Waals surface area contributed by atoms with Gasteiger partial charge in [-0.25, -0.2) is 4.79 Å². The van der Waals surface area contributed by atoms with Gasteiger partial charge in [0.1, 0.15) is 5.03 Å². The summed E-state index contributed by atoms with van der Waals surface area (Å²) in [5, 5.41) is 23.7. The lowest BCUT2D eigenvalue weighted by atomic mass is 10.1. The van der Waals surface area contributed by atoms with Crippen LogP contribution in [0.2, 0.25) is 0 Å². The van der Waals surface area contributed by atoms with E-state index in [1.54, 1.807) is 42.1 Å². The molecule has 7 heteroatoms. The van der Waals surface area contributed by atoms with Crippen LogP contribution in [0.5, 0.6) is 0 Å². The monoisotopic (exact) mass is 375 g/mol. The lowest BCUT2D eigenvalue weighted by molar-refractivity contribution is 0.262. The quantitative estimate of drug-likeness (QED) is 0.627. The largest absolute Gasteiger partial charge is 0.323 e. The molecule has 0 unspecified atom stereocenters. The SMILES string of the molecule is CCSc1ccc(-c2cccc(NC(=O)Nc3cccc(C#N)c3)c2)nn1. The second-order valence-corrected chi connectivity index (χ2v) is 6.83. The Morgan fingerprint density at radius 3 is 2.44 bits per heavy atom. The number of rotatable bonds is 5. The number of nitriles is 1. The highest BCUT2D eigenvalue weighted by atomic mass is 32.2. The topological polar surface area (TPSA) is 90.7 Å². The third-order valence-electron chi connectivity index (χ3n) is 3.60. The van der Waals surface area contributed by atoms with Crippen LogP contribution in [0.25, 0.3) is 11.3 Å². The van der Waals surface area contributed by atoms with E-state index in [4.69, 9.17) is 5.26 Å². The van der Waals surface area contributed by atoms with Crippen molar-refractivity contribution in [1.82, 2.24) is 10.2 Å². The zero-order chi connectivity index (χ0) is 19.1. The van der Waals surface area contributed by atoms with Gasteiger partial charge < -0.3 is 10.6 Å². The van der Waals surface area contributed by atoms with Crippen LogP contribution < -0.4 is 10.6 Å². The number of urea groups is 1. The fraction of sp³-hybridized carbons (Fsp3) is 0.100. The van der Waals surface area contributed by atoms with Gasteiger partial charge in [-0.2, -0.15) is 5.26 Å². The van der Waals surface area contributed by atoms with Gasteiger partial charge in [0, 0.05) is 16.9 Å². The Hall–Kier alpha value is -3.37. The number of nitrogens with one attached hydrogen (secondary N) is 2. The normalized spacial score (nSPS) is 10.1. The Bertz CT molecular complexity index is 982. The second-order valence-electron chi connectivity index (χ2n) is 5.54. The Morgan fingerprint density at radius 1 is 1.04 bits per heavy atom. The minimum Gasteiger partial charge on any atom is -0.308 e. The van der Waals surface area contributed by atoms with E-state index < -0.39 is 0 Å². The van der Waals surface area contributed by atoms with Crippen molar-refractivity contribution in [2.75, 3.05) is 16.4 Å².